The number of hydrogen-bond donors (Lipinski definition) is 1. The van der Waals surface area contributed by atoms with Crippen LogP contribution in [0.4, 0.5) is 5.69 Å². The van der Waals surface area contributed by atoms with E-state index in [1.807, 2.05) is 36.4 Å². The van der Waals surface area contributed by atoms with Gasteiger partial charge in [0.25, 0.3) is 0 Å². The summed E-state index contributed by atoms with van der Waals surface area (Å²) in [6, 6.07) is 11.6. The van der Waals surface area contributed by atoms with E-state index >= 15 is 0 Å². The average molecular weight is 338 g/mol. The third-order valence-corrected chi connectivity index (χ3v) is 4.67. The highest BCUT2D eigenvalue weighted by atomic mass is 16.5. The lowest BCUT2D eigenvalue weighted by Gasteiger charge is -2.16. The third kappa shape index (κ3) is 3.27. The Kier molecular flexibility index (Phi) is 4.22. The fourth-order valence-corrected chi connectivity index (χ4v) is 3.38. The molecule has 0 aliphatic heterocycles. The zero-order chi connectivity index (χ0) is 17.2. The first-order chi connectivity index (χ1) is 12.2. The molecule has 130 valence electrons. The predicted octanol–water partition coefficient (Wildman–Crippen LogP) is 4.33. The molecule has 0 bridgehead atoms. The Bertz CT molecular complexity index is 882. The second-order valence-corrected chi connectivity index (χ2v) is 6.49. The molecule has 0 spiro atoms. The molecule has 0 radical (unpaired) electrons. The van der Waals surface area contributed by atoms with Crippen LogP contribution >= 0.6 is 0 Å². The molecule has 0 atom stereocenters. The number of nitrogens with two attached hydrogens (primary N) is 1. The van der Waals surface area contributed by atoms with Gasteiger partial charge in [-0.05, 0) is 55.5 Å². The van der Waals surface area contributed by atoms with Gasteiger partial charge in [0, 0.05) is 6.42 Å². The molecule has 25 heavy (non-hydrogen) atoms. The number of rotatable bonds is 5. The van der Waals surface area contributed by atoms with E-state index in [-0.39, 0.29) is 6.10 Å². The Balaban J connectivity index is 1.59. The maximum absolute atomic E-state index is 6.16. The van der Waals surface area contributed by atoms with Crippen molar-refractivity contribution in [3.63, 3.8) is 0 Å². The second kappa shape index (κ2) is 6.67. The van der Waals surface area contributed by atoms with E-state index in [1.165, 1.54) is 12.8 Å². The standard InChI is InChI=1S/C20H22N2O3/c1-23-17-10-9-13(11-18(17)24-14-5-2-3-6-14)12-19-22-16-8-4-7-15(21)20(16)25-19/h4,7-11,14H,2-3,5-6,12,21H2,1H3. The van der Waals surface area contributed by atoms with E-state index in [2.05, 4.69) is 4.98 Å². The van der Waals surface area contributed by atoms with E-state index in [9.17, 15) is 0 Å². The van der Waals surface area contributed by atoms with Crippen LogP contribution in [-0.2, 0) is 6.42 Å². The molecule has 1 aliphatic rings. The van der Waals surface area contributed by atoms with Gasteiger partial charge in [-0.1, -0.05) is 12.1 Å². The molecule has 1 saturated carbocycles. The molecule has 2 N–H and O–H groups in total. The maximum atomic E-state index is 6.16. The molecule has 5 nitrogen and oxygen atoms in total. The highest BCUT2D eigenvalue weighted by Crippen LogP contribution is 2.33. The van der Waals surface area contributed by atoms with Crippen molar-refractivity contribution < 1.29 is 13.9 Å². The van der Waals surface area contributed by atoms with Gasteiger partial charge in [0.05, 0.1) is 18.9 Å². The van der Waals surface area contributed by atoms with Crippen LogP contribution in [0.5, 0.6) is 11.5 Å². The number of nitrogen functional groups attached to an aromatic ring is 1. The van der Waals surface area contributed by atoms with E-state index in [0.717, 1.165) is 35.4 Å². The monoisotopic (exact) mass is 338 g/mol. The van der Waals surface area contributed by atoms with Gasteiger partial charge in [-0.2, -0.15) is 0 Å². The van der Waals surface area contributed by atoms with Crippen LogP contribution in [0, 0.1) is 0 Å². The fraction of sp³-hybridized carbons (Fsp3) is 0.350. The zero-order valence-electron chi connectivity index (χ0n) is 14.3. The van der Waals surface area contributed by atoms with Crippen molar-refractivity contribution in [1.29, 1.82) is 0 Å². The van der Waals surface area contributed by atoms with Crippen LogP contribution in [0.1, 0.15) is 37.1 Å². The van der Waals surface area contributed by atoms with Gasteiger partial charge < -0.3 is 19.6 Å². The zero-order valence-corrected chi connectivity index (χ0v) is 14.3. The normalized spacial score (nSPS) is 14.9. The predicted molar refractivity (Wildman–Crippen MR) is 97.1 cm³/mol. The molecule has 1 aliphatic carbocycles. The Hall–Kier alpha value is -2.69. The van der Waals surface area contributed by atoms with E-state index in [4.69, 9.17) is 19.6 Å². The second-order valence-electron chi connectivity index (χ2n) is 6.49. The lowest BCUT2D eigenvalue weighted by atomic mass is 10.1. The Morgan fingerprint density at radius 1 is 1.16 bits per heavy atom. The Morgan fingerprint density at radius 2 is 2.00 bits per heavy atom. The van der Waals surface area contributed by atoms with Gasteiger partial charge in [-0.15, -0.1) is 0 Å². The average Bonchev–Trinajstić information content (AvgIpc) is 3.25. The van der Waals surface area contributed by atoms with Crippen LogP contribution in [0.2, 0.25) is 0 Å². The van der Waals surface area contributed by atoms with E-state index in [1.54, 1.807) is 7.11 Å². The Labute approximate surface area is 146 Å². The molecule has 5 heteroatoms. The molecule has 0 saturated heterocycles. The summed E-state index contributed by atoms with van der Waals surface area (Å²) in [6.45, 7) is 0. The van der Waals surface area contributed by atoms with Crippen molar-refractivity contribution >= 4 is 16.8 Å². The molecule has 0 unspecified atom stereocenters. The molecular weight excluding hydrogens is 316 g/mol. The number of aromatic nitrogens is 1. The number of benzene rings is 2. The van der Waals surface area contributed by atoms with Crippen LogP contribution in [0.25, 0.3) is 11.1 Å². The molecule has 4 rings (SSSR count). The van der Waals surface area contributed by atoms with Crippen molar-refractivity contribution in [2.75, 3.05) is 12.8 Å². The third-order valence-electron chi connectivity index (χ3n) is 4.67. The lowest BCUT2D eigenvalue weighted by Crippen LogP contribution is -2.11. The van der Waals surface area contributed by atoms with Gasteiger partial charge >= 0.3 is 0 Å². The van der Waals surface area contributed by atoms with Crippen LogP contribution in [0.3, 0.4) is 0 Å². The fourth-order valence-electron chi connectivity index (χ4n) is 3.38. The first-order valence-corrected chi connectivity index (χ1v) is 8.70. The minimum absolute atomic E-state index is 0.285. The first kappa shape index (κ1) is 15.8. The lowest BCUT2D eigenvalue weighted by molar-refractivity contribution is 0.200. The SMILES string of the molecule is COc1ccc(Cc2nc3cccc(N)c3o2)cc1OC1CCCC1. The van der Waals surface area contributed by atoms with Crippen LogP contribution in [0.15, 0.2) is 40.8 Å². The quantitative estimate of drug-likeness (QED) is 0.701. The molecule has 2 aromatic carbocycles. The number of anilines is 1. The largest absolute Gasteiger partial charge is 0.493 e. The van der Waals surface area contributed by atoms with Crippen molar-refractivity contribution in [2.24, 2.45) is 0 Å². The summed E-state index contributed by atoms with van der Waals surface area (Å²) in [6.07, 6.45) is 5.55. The molecule has 0 amide bonds. The van der Waals surface area contributed by atoms with Crippen molar-refractivity contribution in [3.05, 3.63) is 47.9 Å². The highest BCUT2D eigenvalue weighted by molar-refractivity contribution is 5.84. The number of oxazole rings is 1. The summed E-state index contributed by atoms with van der Waals surface area (Å²) >= 11 is 0. The molecule has 1 heterocycles. The summed E-state index contributed by atoms with van der Waals surface area (Å²) in [7, 11) is 1.67. The number of para-hydroxylation sites is 1. The van der Waals surface area contributed by atoms with Gasteiger partial charge in [0.2, 0.25) is 0 Å². The van der Waals surface area contributed by atoms with E-state index in [0.29, 0.717) is 23.6 Å². The van der Waals surface area contributed by atoms with Crippen LogP contribution < -0.4 is 15.2 Å². The summed E-state index contributed by atoms with van der Waals surface area (Å²) in [5, 5.41) is 0. The first-order valence-electron chi connectivity index (χ1n) is 8.70. The van der Waals surface area contributed by atoms with Gasteiger partial charge in [0.1, 0.15) is 5.52 Å². The maximum Gasteiger partial charge on any atom is 0.200 e. The van der Waals surface area contributed by atoms with Crippen molar-refractivity contribution in [1.82, 2.24) is 4.98 Å². The molecular formula is C20H22N2O3. The number of hydrogen-bond acceptors (Lipinski definition) is 5. The molecule has 1 fully saturated rings. The minimum Gasteiger partial charge on any atom is -0.493 e. The summed E-state index contributed by atoms with van der Waals surface area (Å²) < 4.78 is 17.4. The number of ether oxygens (including phenoxy) is 2. The van der Waals surface area contributed by atoms with Crippen molar-refractivity contribution in [2.45, 2.75) is 38.2 Å². The van der Waals surface area contributed by atoms with E-state index < -0.39 is 0 Å². The van der Waals surface area contributed by atoms with Crippen LogP contribution in [-0.4, -0.2) is 18.2 Å². The van der Waals surface area contributed by atoms with Gasteiger partial charge in [0.15, 0.2) is 23.0 Å². The summed E-state index contributed by atoms with van der Waals surface area (Å²) in [5.41, 5.74) is 9.05. The van der Waals surface area contributed by atoms with Gasteiger partial charge in [-0.3, -0.25) is 0 Å². The molecule has 3 aromatic rings. The smallest absolute Gasteiger partial charge is 0.200 e. The van der Waals surface area contributed by atoms with Crippen molar-refractivity contribution in [3.8, 4) is 11.5 Å². The van der Waals surface area contributed by atoms with Gasteiger partial charge in [-0.25, -0.2) is 4.98 Å². The minimum atomic E-state index is 0.285. The topological polar surface area (TPSA) is 70.5 Å². The molecule has 1 aromatic heterocycles. The number of methoxy groups -OCH3 is 1. The highest BCUT2D eigenvalue weighted by Gasteiger charge is 2.19. The number of fused-ring (bicyclic) bond motifs is 1. The summed E-state index contributed by atoms with van der Waals surface area (Å²) in [4.78, 5) is 4.53. The Morgan fingerprint density at radius 3 is 2.76 bits per heavy atom. The summed E-state index contributed by atoms with van der Waals surface area (Å²) in [5.74, 6) is 2.20. The number of nitrogens with zero attached hydrogens (tertiary/aromatic N) is 1.